The Hall–Kier alpha value is -1.87. The normalized spacial score (nSPS) is 12.1. The second kappa shape index (κ2) is 6.53. The maximum absolute atomic E-state index is 13.6. The van der Waals surface area contributed by atoms with Crippen molar-refractivity contribution in [3.63, 3.8) is 0 Å². The molecule has 0 aromatic heterocycles. The Morgan fingerprint density at radius 2 is 1.90 bits per heavy atom. The highest BCUT2D eigenvalue weighted by Gasteiger charge is 2.20. The minimum absolute atomic E-state index is 0.161. The van der Waals surface area contributed by atoms with Crippen LogP contribution in [0.15, 0.2) is 48.5 Å². The van der Waals surface area contributed by atoms with Crippen molar-refractivity contribution >= 4 is 17.6 Å². The van der Waals surface area contributed by atoms with Crippen molar-refractivity contribution in [3.05, 3.63) is 70.5 Å². The molecule has 0 heterocycles. The van der Waals surface area contributed by atoms with Crippen molar-refractivity contribution < 1.29 is 14.3 Å². The SMILES string of the molecule is O=C(O)C(Cc1cccc(Cl)c1)Cc1ccccc1F. The fraction of sp³-hybridized carbons (Fsp3) is 0.188. The van der Waals surface area contributed by atoms with Crippen LogP contribution in [-0.2, 0) is 17.6 Å². The molecule has 0 radical (unpaired) electrons. The summed E-state index contributed by atoms with van der Waals surface area (Å²) >= 11 is 5.89. The number of hydrogen-bond acceptors (Lipinski definition) is 1. The maximum atomic E-state index is 13.6. The number of aliphatic carboxylic acids is 1. The summed E-state index contributed by atoms with van der Waals surface area (Å²) < 4.78 is 13.6. The Morgan fingerprint density at radius 3 is 2.55 bits per heavy atom. The lowest BCUT2D eigenvalue weighted by molar-refractivity contribution is -0.141. The first kappa shape index (κ1) is 14.5. The third-order valence-electron chi connectivity index (χ3n) is 3.14. The molecule has 0 aliphatic rings. The van der Waals surface area contributed by atoms with Crippen LogP contribution >= 0.6 is 11.6 Å². The van der Waals surface area contributed by atoms with E-state index < -0.39 is 11.9 Å². The van der Waals surface area contributed by atoms with E-state index in [0.29, 0.717) is 17.0 Å². The van der Waals surface area contributed by atoms with Gasteiger partial charge in [0.1, 0.15) is 5.82 Å². The summed E-state index contributed by atoms with van der Waals surface area (Å²) in [6.07, 6.45) is 0.485. The fourth-order valence-electron chi connectivity index (χ4n) is 2.12. The maximum Gasteiger partial charge on any atom is 0.307 e. The average Bonchev–Trinajstić information content (AvgIpc) is 2.40. The summed E-state index contributed by atoms with van der Waals surface area (Å²) in [5.74, 6) is -1.98. The first-order valence-corrected chi connectivity index (χ1v) is 6.64. The lowest BCUT2D eigenvalue weighted by Crippen LogP contribution is -2.19. The lowest BCUT2D eigenvalue weighted by Gasteiger charge is -2.13. The van der Waals surface area contributed by atoms with E-state index in [0.717, 1.165) is 5.56 Å². The number of carboxylic acid groups (broad SMARTS) is 1. The van der Waals surface area contributed by atoms with Crippen molar-refractivity contribution in [2.75, 3.05) is 0 Å². The lowest BCUT2D eigenvalue weighted by atomic mass is 9.92. The van der Waals surface area contributed by atoms with Gasteiger partial charge in [-0.2, -0.15) is 0 Å². The van der Waals surface area contributed by atoms with Gasteiger partial charge in [-0.3, -0.25) is 4.79 Å². The monoisotopic (exact) mass is 292 g/mol. The Kier molecular flexibility index (Phi) is 4.74. The highest BCUT2D eigenvalue weighted by Crippen LogP contribution is 2.19. The van der Waals surface area contributed by atoms with Gasteiger partial charge in [0.2, 0.25) is 0 Å². The number of carboxylic acids is 1. The average molecular weight is 293 g/mol. The summed E-state index contributed by atoms with van der Waals surface area (Å²) in [5.41, 5.74) is 1.25. The third kappa shape index (κ3) is 3.81. The molecule has 1 atom stereocenters. The smallest absolute Gasteiger partial charge is 0.307 e. The minimum atomic E-state index is -0.937. The van der Waals surface area contributed by atoms with Gasteiger partial charge in [-0.1, -0.05) is 41.9 Å². The Morgan fingerprint density at radius 1 is 1.15 bits per heavy atom. The highest BCUT2D eigenvalue weighted by atomic mass is 35.5. The Balaban J connectivity index is 2.16. The van der Waals surface area contributed by atoms with Gasteiger partial charge in [0.25, 0.3) is 0 Å². The van der Waals surface area contributed by atoms with E-state index in [9.17, 15) is 14.3 Å². The molecule has 104 valence electrons. The van der Waals surface area contributed by atoms with Crippen LogP contribution in [0, 0.1) is 11.7 Å². The van der Waals surface area contributed by atoms with Crippen LogP contribution in [-0.4, -0.2) is 11.1 Å². The van der Waals surface area contributed by atoms with E-state index in [-0.39, 0.29) is 12.2 Å². The number of rotatable bonds is 5. The van der Waals surface area contributed by atoms with Crippen LogP contribution in [0.4, 0.5) is 4.39 Å². The predicted molar refractivity (Wildman–Crippen MR) is 76.4 cm³/mol. The van der Waals surface area contributed by atoms with Gasteiger partial charge in [0, 0.05) is 5.02 Å². The molecule has 0 amide bonds. The largest absolute Gasteiger partial charge is 0.481 e. The summed E-state index contributed by atoms with van der Waals surface area (Å²) in [6.45, 7) is 0. The first-order chi connectivity index (χ1) is 9.56. The third-order valence-corrected chi connectivity index (χ3v) is 3.38. The fourth-order valence-corrected chi connectivity index (χ4v) is 2.34. The van der Waals surface area contributed by atoms with Gasteiger partial charge in [-0.25, -0.2) is 4.39 Å². The molecular formula is C16H14ClFO2. The molecule has 0 aliphatic carbocycles. The minimum Gasteiger partial charge on any atom is -0.481 e. The van der Waals surface area contributed by atoms with Gasteiger partial charge in [0.05, 0.1) is 5.92 Å². The highest BCUT2D eigenvalue weighted by molar-refractivity contribution is 6.30. The molecule has 2 aromatic rings. The van der Waals surface area contributed by atoms with Crippen molar-refractivity contribution in [2.24, 2.45) is 5.92 Å². The molecule has 20 heavy (non-hydrogen) atoms. The summed E-state index contributed by atoms with van der Waals surface area (Å²) in [4.78, 5) is 11.3. The second-order valence-electron chi connectivity index (χ2n) is 4.66. The molecule has 1 unspecified atom stereocenters. The molecule has 1 N–H and O–H groups in total. The van der Waals surface area contributed by atoms with Gasteiger partial charge < -0.3 is 5.11 Å². The zero-order valence-corrected chi connectivity index (χ0v) is 11.5. The molecule has 2 aromatic carbocycles. The van der Waals surface area contributed by atoms with E-state index in [1.165, 1.54) is 6.07 Å². The van der Waals surface area contributed by atoms with E-state index in [4.69, 9.17) is 11.6 Å². The molecular weight excluding hydrogens is 279 g/mol. The van der Waals surface area contributed by atoms with E-state index in [1.807, 2.05) is 6.07 Å². The quantitative estimate of drug-likeness (QED) is 0.905. The van der Waals surface area contributed by atoms with Crippen LogP contribution < -0.4 is 0 Å². The Labute approximate surface area is 121 Å². The molecule has 0 fully saturated rings. The molecule has 0 bridgehead atoms. The van der Waals surface area contributed by atoms with Gasteiger partial charge in [-0.05, 0) is 42.2 Å². The number of halogens is 2. The summed E-state index contributed by atoms with van der Waals surface area (Å²) in [5, 5.41) is 9.87. The van der Waals surface area contributed by atoms with E-state index >= 15 is 0 Å². The van der Waals surface area contributed by atoms with Gasteiger partial charge >= 0.3 is 5.97 Å². The summed E-state index contributed by atoms with van der Waals surface area (Å²) in [6, 6.07) is 13.3. The standard InChI is InChI=1S/C16H14ClFO2/c17-14-6-3-4-11(9-14)8-13(16(19)20)10-12-5-1-2-7-15(12)18/h1-7,9,13H,8,10H2,(H,19,20). The molecule has 0 saturated carbocycles. The molecule has 4 heteroatoms. The van der Waals surface area contributed by atoms with Crippen LogP contribution in [0.5, 0.6) is 0 Å². The zero-order chi connectivity index (χ0) is 14.5. The molecule has 0 saturated heterocycles. The van der Waals surface area contributed by atoms with Crippen LogP contribution in [0.25, 0.3) is 0 Å². The topological polar surface area (TPSA) is 37.3 Å². The van der Waals surface area contributed by atoms with E-state index in [2.05, 4.69) is 0 Å². The van der Waals surface area contributed by atoms with Crippen LogP contribution in [0.1, 0.15) is 11.1 Å². The molecule has 2 rings (SSSR count). The van der Waals surface area contributed by atoms with Crippen molar-refractivity contribution in [1.29, 1.82) is 0 Å². The zero-order valence-electron chi connectivity index (χ0n) is 10.7. The van der Waals surface area contributed by atoms with Crippen molar-refractivity contribution in [2.45, 2.75) is 12.8 Å². The van der Waals surface area contributed by atoms with Crippen molar-refractivity contribution in [3.8, 4) is 0 Å². The summed E-state index contributed by atoms with van der Waals surface area (Å²) in [7, 11) is 0. The van der Waals surface area contributed by atoms with E-state index in [1.54, 1.807) is 36.4 Å². The number of benzene rings is 2. The Bertz CT molecular complexity index is 613. The van der Waals surface area contributed by atoms with Crippen LogP contribution in [0.2, 0.25) is 5.02 Å². The molecule has 0 spiro atoms. The predicted octanol–water partition coefficient (Wildman–Crippen LogP) is 3.97. The van der Waals surface area contributed by atoms with Gasteiger partial charge in [-0.15, -0.1) is 0 Å². The molecule has 0 aliphatic heterocycles. The molecule has 2 nitrogen and oxygen atoms in total. The second-order valence-corrected chi connectivity index (χ2v) is 5.10. The number of carbonyl (C=O) groups is 1. The van der Waals surface area contributed by atoms with Crippen LogP contribution in [0.3, 0.4) is 0 Å². The first-order valence-electron chi connectivity index (χ1n) is 6.27. The number of hydrogen-bond donors (Lipinski definition) is 1. The van der Waals surface area contributed by atoms with Crippen molar-refractivity contribution in [1.82, 2.24) is 0 Å². The van der Waals surface area contributed by atoms with Gasteiger partial charge in [0.15, 0.2) is 0 Å².